The second-order valence-electron chi connectivity index (χ2n) is 5.92. The summed E-state index contributed by atoms with van der Waals surface area (Å²) in [6, 6.07) is 17.5. The van der Waals surface area contributed by atoms with Crippen LogP contribution >= 0.6 is 7.75 Å². The van der Waals surface area contributed by atoms with Crippen LogP contribution in [-0.4, -0.2) is 19.6 Å². The van der Waals surface area contributed by atoms with Crippen molar-refractivity contribution >= 4 is 18.7 Å². The van der Waals surface area contributed by atoms with E-state index in [2.05, 4.69) is 0 Å². The molecule has 0 spiro atoms. The Morgan fingerprint density at radius 2 is 1.44 bits per heavy atom. The molecule has 1 fully saturated rings. The van der Waals surface area contributed by atoms with Gasteiger partial charge in [0.15, 0.2) is 0 Å². The van der Waals surface area contributed by atoms with E-state index in [1.807, 2.05) is 24.3 Å². The van der Waals surface area contributed by atoms with Crippen LogP contribution in [0.15, 0.2) is 72.8 Å². The summed E-state index contributed by atoms with van der Waals surface area (Å²) in [5.41, 5.74) is 0. The summed E-state index contributed by atoms with van der Waals surface area (Å²) in [5, 5.41) is -0.142. The van der Waals surface area contributed by atoms with Crippen molar-refractivity contribution in [2.45, 2.75) is 24.1 Å². The molecule has 0 radical (unpaired) electrons. The summed E-state index contributed by atoms with van der Waals surface area (Å²) < 4.78 is 39.6. The molecule has 2 bridgehead atoms. The van der Waals surface area contributed by atoms with Crippen LogP contribution in [0.1, 0.15) is 12.8 Å². The number of rotatable bonds is 5. The number of benzene rings is 2. The number of hydrogen-bond acceptors (Lipinski definition) is 4. The third kappa shape index (κ3) is 3.30. The zero-order valence-electron chi connectivity index (χ0n) is 13.4. The minimum atomic E-state index is -3.86. The van der Waals surface area contributed by atoms with Crippen molar-refractivity contribution in [3.8, 4) is 11.5 Å². The molecule has 0 aromatic heterocycles. The first-order valence-corrected chi connectivity index (χ1v) is 10.8. The summed E-state index contributed by atoms with van der Waals surface area (Å²) >= 11 is 0. The predicted octanol–water partition coefficient (Wildman–Crippen LogP) is 4.32. The Kier molecular flexibility index (Phi) is 4.50. The van der Waals surface area contributed by atoms with Gasteiger partial charge in [-0.3, -0.25) is 0 Å². The summed E-state index contributed by atoms with van der Waals surface area (Å²) in [5.74, 6) is 0.841. The van der Waals surface area contributed by atoms with Crippen molar-refractivity contribution < 1.29 is 17.8 Å². The van der Waals surface area contributed by atoms with Crippen LogP contribution in [0.2, 0.25) is 0 Å². The van der Waals surface area contributed by atoms with Crippen LogP contribution in [0.4, 0.5) is 0 Å². The molecule has 0 amide bonds. The molecular formula is C18H18NO4PS. The van der Waals surface area contributed by atoms with Gasteiger partial charge in [-0.05, 0) is 37.1 Å². The Balaban J connectivity index is 1.72. The average Bonchev–Trinajstić information content (AvgIpc) is 2.64. The van der Waals surface area contributed by atoms with Crippen LogP contribution in [0, 0.1) is 0 Å². The average molecular weight is 375 g/mol. The highest BCUT2D eigenvalue weighted by Crippen LogP contribution is 2.57. The molecule has 7 heteroatoms. The monoisotopic (exact) mass is 375 g/mol. The lowest BCUT2D eigenvalue weighted by atomic mass is 10.0. The first-order valence-electron chi connectivity index (χ1n) is 8.14. The lowest BCUT2D eigenvalue weighted by Gasteiger charge is -2.41. The van der Waals surface area contributed by atoms with E-state index in [4.69, 9.17) is 9.05 Å². The van der Waals surface area contributed by atoms with Crippen LogP contribution < -0.4 is 9.05 Å². The molecule has 3 atom stereocenters. The molecular weight excluding hydrogens is 357 g/mol. The molecule has 2 aromatic rings. The number of fused-ring (bicyclic) bond motifs is 2. The van der Waals surface area contributed by atoms with Gasteiger partial charge in [0.2, 0.25) is 0 Å². The van der Waals surface area contributed by atoms with Gasteiger partial charge in [0.25, 0.3) is 0 Å². The van der Waals surface area contributed by atoms with Gasteiger partial charge in [-0.15, -0.1) is 0 Å². The number of para-hydroxylation sites is 2. The largest absolute Gasteiger partial charge is 0.527 e. The standard InChI is InChI=1S/C18H18NO4PS/c20-24(22-16-7-3-1-4-8-16,23-17-9-5-2-6-10-17)19-15-11-13-18(14-12-15)25(19)21/h1-11,13,15,18H,12,14H2/t15-,18+,25?/m0/s1. The molecule has 1 saturated heterocycles. The first-order chi connectivity index (χ1) is 12.2. The Hall–Kier alpha value is -1.88. The van der Waals surface area contributed by atoms with Gasteiger partial charge < -0.3 is 9.05 Å². The Labute approximate surface area is 149 Å². The van der Waals surface area contributed by atoms with E-state index < -0.39 is 18.7 Å². The van der Waals surface area contributed by atoms with E-state index in [0.29, 0.717) is 11.5 Å². The second-order valence-corrected chi connectivity index (χ2v) is 9.48. The molecule has 3 aliphatic rings. The third-order valence-electron chi connectivity index (χ3n) is 4.19. The minimum Gasteiger partial charge on any atom is -0.404 e. The fourth-order valence-corrected chi connectivity index (χ4v) is 7.18. The zero-order valence-corrected chi connectivity index (χ0v) is 15.1. The second kappa shape index (κ2) is 6.79. The molecule has 1 unspecified atom stereocenters. The van der Waals surface area contributed by atoms with E-state index >= 15 is 0 Å². The van der Waals surface area contributed by atoms with E-state index in [9.17, 15) is 8.77 Å². The Bertz CT molecular complexity index is 797. The third-order valence-corrected chi connectivity index (χ3v) is 8.49. The fourth-order valence-electron chi connectivity index (χ4n) is 3.01. The van der Waals surface area contributed by atoms with Crippen molar-refractivity contribution in [2.24, 2.45) is 0 Å². The smallest absolute Gasteiger partial charge is 0.404 e. The van der Waals surface area contributed by atoms with Crippen molar-refractivity contribution in [3.63, 3.8) is 0 Å². The minimum absolute atomic E-state index is 0.142. The van der Waals surface area contributed by atoms with Gasteiger partial charge in [-0.25, -0.2) is 8.77 Å². The summed E-state index contributed by atoms with van der Waals surface area (Å²) in [6.07, 6.45) is 5.50. The number of hydrogen-bond donors (Lipinski definition) is 0. The lowest BCUT2D eigenvalue weighted by Crippen LogP contribution is -2.47. The van der Waals surface area contributed by atoms with Crippen molar-refractivity contribution in [1.29, 1.82) is 0 Å². The molecule has 2 aromatic carbocycles. The van der Waals surface area contributed by atoms with Crippen LogP contribution in [0.3, 0.4) is 0 Å². The highest BCUT2D eigenvalue weighted by atomic mass is 32.2. The van der Waals surface area contributed by atoms with E-state index in [1.165, 1.54) is 4.08 Å². The van der Waals surface area contributed by atoms with E-state index in [-0.39, 0.29) is 11.3 Å². The van der Waals surface area contributed by atoms with Crippen molar-refractivity contribution in [3.05, 3.63) is 72.8 Å². The van der Waals surface area contributed by atoms with Crippen molar-refractivity contribution in [2.75, 3.05) is 0 Å². The topological polar surface area (TPSA) is 55.8 Å². The van der Waals surface area contributed by atoms with E-state index in [1.54, 1.807) is 48.5 Å². The summed E-state index contributed by atoms with van der Waals surface area (Å²) in [4.78, 5) is 0. The maximum atomic E-state index is 13.8. The Morgan fingerprint density at radius 3 is 1.88 bits per heavy atom. The predicted molar refractivity (Wildman–Crippen MR) is 97.7 cm³/mol. The van der Waals surface area contributed by atoms with Crippen LogP contribution in [-0.2, 0) is 15.6 Å². The van der Waals surface area contributed by atoms with Gasteiger partial charge in [0.1, 0.15) is 22.5 Å². The highest BCUT2D eigenvalue weighted by Gasteiger charge is 2.51. The maximum Gasteiger partial charge on any atom is 0.527 e. The van der Waals surface area contributed by atoms with E-state index in [0.717, 1.165) is 12.8 Å². The molecule has 5 rings (SSSR count). The van der Waals surface area contributed by atoms with Gasteiger partial charge in [-0.1, -0.05) is 52.6 Å². The van der Waals surface area contributed by atoms with Gasteiger partial charge in [0.05, 0.1) is 11.3 Å². The number of nitrogens with zero attached hydrogens (tertiary/aromatic N) is 1. The van der Waals surface area contributed by atoms with Crippen LogP contribution in [0.25, 0.3) is 0 Å². The fraction of sp³-hybridized carbons (Fsp3) is 0.222. The van der Waals surface area contributed by atoms with Gasteiger partial charge >= 0.3 is 7.75 Å². The molecule has 1 aliphatic carbocycles. The molecule has 5 nitrogen and oxygen atoms in total. The highest BCUT2D eigenvalue weighted by molar-refractivity contribution is 7.89. The van der Waals surface area contributed by atoms with Gasteiger partial charge in [0, 0.05) is 0 Å². The quantitative estimate of drug-likeness (QED) is 0.577. The lowest BCUT2D eigenvalue weighted by molar-refractivity contribution is 0.307. The Morgan fingerprint density at radius 1 is 0.880 bits per heavy atom. The molecule has 2 aliphatic heterocycles. The zero-order chi connectivity index (χ0) is 17.3. The van der Waals surface area contributed by atoms with Gasteiger partial charge in [-0.2, -0.15) is 0 Å². The normalized spacial score (nSPS) is 25.7. The molecule has 0 N–H and O–H groups in total. The van der Waals surface area contributed by atoms with Crippen molar-refractivity contribution in [1.82, 2.24) is 4.08 Å². The summed E-state index contributed by atoms with van der Waals surface area (Å²) in [7, 11) is -5.30. The molecule has 25 heavy (non-hydrogen) atoms. The van der Waals surface area contributed by atoms with Crippen LogP contribution in [0.5, 0.6) is 11.5 Å². The maximum absolute atomic E-state index is 13.8. The summed E-state index contributed by atoms with van der Waals surface area (Å²) in [6.45, 7) is 0. The molecule has 2 heterocycles. The SMILES string of the molecule is O=S1[C@@H]2C=C[C@@H](CC2)N1P(=O)(Oc1ccccc1)Oc1ccccc1. The molecule has 130 valence electrons. The molecule has 0 saturated carbocycles. The first kappa shape index (κ1) is 16.6.